The van der Waals surface area contributed by atoms with Crippen LogP contribution < -0.4 is 20.8 Å². The van der Waals surface area contributed by atoms with Crippen LogP contribution in [0.5, 0.6) is 11.5 Å². The van der Waals surface area contributed by atoms with Crippen molar-refractivity contribution >= 4 is 17.9 Å². The van der Waals surface area contributed by atoms with Gasteiger partial charge in [-0.3, -0.25) is 0 Å². The number of ether oxygens (including phenoxy) is 1. The molecule has 0 aliphatic carbocycles. The molecule has 136 valence electrons. The molecular weight excluding hydrogens is 350 g/mol. The highest BCUT2D eigenvalue weighted by Crippen LogP contribution is 2.34. The maximum Gasteiger partial charge on any atom is 0.328 e. The van der Waals surface area contributed by atoms with E-state index < -0.39 is 0 Å². The monoisotopic (exact) mass is 372 g/mol. The predicted molar refractivity (Wildman–Crippen MR) is 103 cm³/mol. The van der Waals surface area contributed by atoms with Crippen molar-refractivity contribution in [1.29, 1.82) is 0 Å². The Labute approximate surface area is 156 Å². The third-order valence-corrected chi connectivity index (χ3v) is 4.61. The fourth-order valence-electron chi connectivity index (χ4n) is 2.86. The SMILES string of the molecule is CCC(N)c1cc(-c2[nH][nH]c(=S)[n+]2-c2cccc(OC)c2)c(O)cc1N. The van der Waals surface area contributed by atoms with Crippen LogP contribution in [-0.2, 0) is 0 Å². The van der Waals surface area contributed by atoms with Gasteiger partial charge in [0.05, 0.1) is 12.7 Å². The minimum atomic E-state index is -0.221. The van der Waals surface area contributed by atoms with Crippen molar-refractivity contribution in [2.75, 3.05) is 12.8 Å². The van der Waals surface area contributed by atoms with Crippen molar-refractivity contribution in [3.63, 3.8) is 0 Å². The lowest BCUT2D eigenvalue weighted by atomic mass is 9.99. The van der Waals surface area contributed by atoms with Crippen molar-refractivity contribution in [2.24, 2.45) is 5.73 Å². The zero-order valence-electron chi connectivity index (χ0n) is 14.6. The fraction of sp³-hybridized carbons (Fsp3) is 0.222. The Morgan fingerprint density at radius 1 is 1.27 bits per heavy atom. The van der Waals surface area contributed by atoms with E-state index >= 15 is 0 Å². The molecular formula is C18H22N5O2S+. The Morgan fingerprint density at radius 2 is 2.04 bits per heavy atom. The largest absolute Gasteiger partial charge is 0.507 e. The summed E-state index contributed by atoms with van der Waals surface area (Å²) in [6.07, 6.45) is 0.730. The highest BCUT2D eigenvalue weighted by molar-refractivity contribution is 7.71. The number of aromatic nitrogens is 3. The number of phenols is 1. The number of nitrogens with two attached hydrogens (primary N) is 2. The molecule has 7 nitrogen and oxygen atoms in total. The topological polar surface area (TPSA) is 117 Å². The number of benzene rings is 2. The van der Waals surface area contributed by atoms with E-state index in [0.717, 1.165) is 17.7 Å². The normalized spacial score (nSPS) is 12.1. The predicted octanol–water partition coefficient (Wildman–Crippen LogP) is 2.72. The molecule has 0 bridgehead atoms. The molecule has 0 radical (unpaired) electrons. The van der Waals surface area contributed by atoms with Crippen LogP contribution in [0.2, 0.25) is 0 Å². The molecule has 0 spiro atoms. The fourth-order valence-corrected chi connectivity index (χ4v) is 3.11. The molecule has 1 aromatic heterocycles. The average molecular weight is 372 g/mol. The van der Waals surface area contributed by atoms with E-state index in [9.17, 15) is 5.11 Å². The number of hydrogen-bond acceptors (Lipinski definition) is 5. The van der Waals surface area contributed by atoms with Gasteiger partial charge >= 0.3 is 4.77 Å². The van der Waals surface area contributed by atoms with Crippen molar-refractivity contribution in [2.45, 2.75) is 19.4 Å². The molecule has 0 saturated carbocycles. The third kappa shape index (κ3) is 3.16. The van der Waals surface area contributed by atoms with Crippen LogP contribution in [0.15, 0.2) is 36.4 Å². The summed E-state index contributed by atoms with van der Waals surface area (Å²) < 4.78 is 7.52. The first kappa shape index (κ1) is 18.0. The summed E-state index contributed by atoms with van der Waals surface area (Å²) in [5, 5.41) is 16.4. The van der Waals surface area contributed by atoms with Gasteiger partial charge in [0.15, 0.2) is 0 Å². The Hall–Kier alpha value is -2.84. The van der Waals surface area contributed by atoms with E-state index in [1.165, 1.54) is 6.07 Å². The van der Waals surface area contributed by atoms with Crippen molar-refractivity contribution in [3.8, 4) is 28.6 Å². The van der Waals surface area contributed by atoms with E-state index in [-0.39, 0.29) is 11.8 Å². The Bertz CT molecular complexity index is 995. The van der Waals surface area contributed by atoms with Gasteiger partial charge in [-0.25, -0.2) is 0 Å². The number of phenolic OH excluding ortho intramolecular Hbond substituents is 1. The maximum atomic E-state index is 10.5. The Morgan fingerprint density at radius 3 is 2.73 bits per heavy atom. The van der Waals surface area contributed by atoms with Crippen LogP contribution in [0.4, 0.5) is 5.69 Å². The lowest BCUT2D eigenvalue weighted by Crippen LogP contribution is -2.32. The lowest BCUT2D eigenvalue weighted by molar-refractivity contribution is -0.591. The van der Waals surface area contributed by atoms with Gasteiger partial charge in [0.25, 0.3) is 5.82 Å². The van der Waals surface area contributed by atoms with Gasteiger partial charge in [-0.15, -0.1) is 5.10 Å². The molecule has 0 fully saturated rings. The summed E-state index contributed by atoms with van der Waals surface area (Å²) in [6.45, 7) is 1.98. The van der Waals surface area contributed by atoms with Crippen molar-refractivity contribution < 1.29 is 14.4 Å². The van der Waals surface area contributed by atoms with E-state index in [2.05, 4.69) is 10.2 Å². The first-order valence-corrected chi connectivity index (χ1v) is 8.62. The van der Waals surface area contributed by atoms with Crippen LogP contribution >= 0.6 is 12.2 Å². The van der Waals surface area contributed by atoms with Gasteiger partial charge in [0, 0.05) is 23.9 Å². The van der Waals surface area contributed by atoms with Gasteiger partial charge < -0.3 is 21.3 Å². The molecule has 3 rings (SSSR count). The Kier molecular flexibility index (Phi) is 4.97. The molecule has 3 aromatic rings. The number of nitrogens with one attached hydrogen (secondary N) is 2. The number of aromatic amines is 2. The number of nitrogens with zero attached hydrogens (tertiary/aromatic N) is 1. The quantitative estimate of drug-likeness (QED) is 0.268. The summed E-state index contributed by atoms with van der Waals surface area (Å²) in [6, 6.07) is 10.6. The molecule has 1 heterocycles. The van der Waals surface area contributed by atoms with E-state index in [0.29, 0.717) is 27.6 Å². The van der Waals surface area contributed by atoms with Gasteiger partial charge in [0.1, 0.15) is 17.2 Å². The minimum absolute atomic E-state index is 0.0384. The maximum absolute atomic E-state index is 10.5. The molecule has 26 heavy (non-hydrogen) atoms. The summed E-state index contributed by atoms with van der Waals surface area (Å²) in [7, 11) is 1.60. The molecule has 8 heteroatoms. The van der Waals surface area contributed by atoms with Gasteiger partial charge in [0.2, 0.25) is 0 Å². The van der Waals surface area contributed by atoms with Crippen molar-refractivity contribution in [1.82, 2.24) is 10.2 Å². The standard InChI is InChI=1S/C18H21N5O2S/c1-3-14(19)12-8-13(16(24)9-15(12)20)17-21-22-18(26)23(17)10-5-4-6-11(7-10)25-2/h4-9,14H,3,19H2,1-2H3,(H4,20,21,22,24,26)/p+1. The zero-order valence-corrected chi connectivity index (χ0v) is 15.4. The smallest absolute Gasteiger partial charge is 0.328 e. The van der Waals surface area contributed by atoms with Crippen LogP contribution in [0.3, 0.4) is 0 Å². The molecule has 7 N–H and O–H groups in total. The second kappa shape index (κ2) is 7.19. The molecule has 0 saturated heterocycles. The Balaban J connectivity index is 2.22. The van der Waals surface area contributed by atoms with Gasteiger partial charge in [-0.2, -0.15) is 9.67 Å². The minimum Gasteiger partial charge on any atom is -0.507 e. The number of anilines is 1. The first-order valence-electron chi connectivity index (χ1n) is 8.21. The molecule has 1 unspecified atom stereocenters. The number of nitrogen functional groups attached to an aromatic ring is 1. The number of rotatable bonds is 5. The number of aromatic hydroxyl groups is 1. The van der Waals surface area contributed by atoms with E-state index in [1.807, 2.05) is 31.2 Å². The van der Waals surface area contributed by atoms with Crippen molar-refractivity contribution in [3.05, 3.63) is 46.7 Å². The highest BCUT2D eigenvalue weighted by Gasteiger charge is 2.23. The molecule has 0 aliphatic heterocycles. The summed E-state index contributed by atoms with van der Waals surface area (Å²) in [5.74, 6) is 1.33. The lowest BCUT2D eigenvalue weighted by Gasteiger charge is -2.14. The highest BCUT2D eigenvalue weighted by atomic mass is 32.1. The second-order valence-corrected chi connectivity index (χ2v) is 6.34. The van der Waals surface area contributed by atoms with E-state index in [4.69, 9.17) is 28.4 Å². The summed E-state index contributed by atoms with van der Waals surface area (Å²) in [5.41, 5.74) is 14.8. The summed E-state index contributed by atoms with van der Waals surface area (Å²) >= 11 is 5.41. The third-order valence-electron chi connectivity index (χ3n) is 4.32. The molecule has 2 aromatic carbocycles. The molecule has 1 atom stereocenters. The molecule has 0 aliphatic rings. The summed E-state index contributed by atoms with van der Waals surface area (Å²) in [4.78, 5) is 0. The van der Waals surface area contributed by atoms with Gasteiger partial charge in [-0.1, -0.05) is 13.0 Å². The van der Waals surface area contributed by atoms with Crippen LogP contribution in [0.25, 0.3) is 17.1 Å². The zero-order chi connectivity index (χ0) is 18.8. The number of methoxy groups -OCH3 is 1. The average Bonchev–Trinajstić information content (AvgIpc) is 3.02. The first-order chi connectivity index (χ1) is 12.5. The van der Waals surface area contributed by atoms with Gasteiger partial charge in [-0.05, 0) is 42.4 Å². The van der Waals surface area contributed by atoms with Crippen LogP contribution in [0, 0.1) is 4.77 Å². The van der Waals surface area contributed by atoms with Crippen LogP contribution in [-0.4, -0.2) is 22.4 Å². The second-order valence-electron chi connectivity index (χ2n) is 5.95. The molecule has 0 amide bonds. The van der Waals surface area contributed by atoms with Crippen LogP contribution in [0.1, 0.15) is 24.9 Å². The number of H-pyrrole nitrogens is 2. The van der Waals surface area contributed by atoms with E-state index in [1.54, 1.807) is 17.7 Å². The number of hydrogen-bond donors (Lipinski definition) is 5.